The molecule has 4 aliphatic heterocycles. The molecule has 0 saturated carbocycles. The Hall–Kier alpha value is -12.9. The first kappa shape index (κ1) is 98.7. The Morgan fingerprint density at radius 2 is 0.379 bits per heavy atom. The molecule has 13 aromatic rings. The van der Waals surface area contributed by atoms with E-state index in [1.54, 1.807) is 109 Å². The fourth-order valence-corrected chi connectivity index (χ4v) is 17.2. The van der Waals surface area contributed by atoms with Crippen molar-refractivity contribution in [3.63, 3.8) is 0 Å². The molecule has 0 radical (unpaired) electrons. The summed E-state index contributed by atoms with van der Waals surface area (Å²) in [6.07, 6.45) is -28.2. The molecule has 0 amide bonds. The molecule has 25 nitrogen and oxygen atoms in total. The quantitative estimate of drug-likeness (QED) is 0.0274. The summed E-state index contributed by atoms with van der Waals surface area (Å²) in [5.74, 6) is -3.51. The van der Waals surface area contributed by atoms with Gasteiger partial charge in [-0.05, 0) is 98.6 Å². The van der Waals surface area contributed by atoms with E-state index in [-0.39, 0.29) is 88.3 Å². The van der Waals surface area contributed by atoms with Gasteiger partial charge in [-0.1, -0.05) is 346 Å². The zero-order chi connectivity index (χ0) is 95.7. The molecule has 4 heterocycles. The summed E-state index contributed by atoms with van der Waals surface area (Å²) in [5.41, 5.74) is 7.66. The van der Waals surface area contributed by atoms with Gasteiger partial charge < -0.3 is 99.8 Å². The Bertz CT molecular complexity index is 5840. The summed E-state index contributed by atoms with van der Waals surface area (Å²) < 4.78 is 141. The number of aliphatic hydroxyl groups is 1. The minimum atomic E-state index is -1.87. The predicted octanol–water partition coefficient (Wildman–Crippen LogP) is 17.7. The molecule has 17 rings (SSSR count). The van der Waals surface area contributed by atoms with E-state index in [1.165, 1.54) is 12.1 Å². The van der Waals surface area contributed by atoms with E-state index in [9.17, 15) is 5.11 Å². The molecule has 722 valence electrons. The highest BCUT2D eigenvalue weighted by Crippen LogP contribution is 2.40. The Kier molecular flexibility index (Phi) is 36.1. The molecule has 4 aliphatic rings. The van der Waals surface area contributed by atoms with E-state index in [1.807, 2.05) is 273 Å². The second kappa shape index (κ2) is 51.3. The Morgan fingerprint density at radius 3 is 0.671 bits per heavy atom. The van der Waals surface area contributed by atoms with Crippen LogP contribution < -0.4 is 0 Å². The molecule has 25 heteroatoms. The summed E-state index contributed by atoms with van der Waals surface area (Å²) in [6, 6.07) is 119. The van der Waals surface area contributed by atoms with E-state index in [4.69, 9.17) is 94.7 Å². The summed E-state index contributed by atoms with van der Waals surface area (Å²) in [6.45, 7) is -1.50. The molecule has 4 saturated heterocycles. The maximum absolute atomic E-state index is 15.4. The summed E-state index contributed by atoms with van der Waals surface area (Å²) in [5, 5.41) is 12.6. The normalized spacial score (nSPS) is 24.5. The van der Waals surface area contributed by atoms with E-state index in [0.717, 1.165) is 50.1 Å². The van der Waals surface area contributed by atoms with Crippen molar-refractivity contribution in [1.82, 2.24) is 0 Å². The second-order valence-electron chi connectivity index (χ2n) is 34.2. The number of hydrogen-bond acceptors (Lipinski definition) is 25. The van der Waals surface area contributed by atoms with Crippen LogP contribution >= 0.6 is 0 Å². The average Bonchev–Trinajstić information content (AvgIpc) is 0.775. The molecule has 0 bridgehead atoms. The van der Waals surface area contributed by atoms with Crippen molar-refractivity contribution in [2.24, 2.45) is 0 Å². The standard InChI is InChI=1S/C115H112O25/c116-108(88-58-32-10-33-59-88)137-99-95(136-115(107(140-111(119)91-64-38-13-39-65-91)103(99)138-109(117)89-60-34-11-35-61-89)131-76-93-97(123-68-81-44-18-3-19-45-81)100(125-70-83-48-22-5-23-49-83)104(112(120)133-93)128-73-86-54-28-8-29-55-86)78-130-113-105(129-74-87-56-30-9-31-57-87)101(126-71-84-50-24-6-25-51-84)98(124-69-82-46-20-4-21-47-82)94(135-113)77-132-114-106(139-110(118)90-62-36-12-37-63-90)102(127-72-85-52-26-7-27-53-85)96(122-67-80-42-16-2-17-43-80)92(134-114)75-121-66-79-40-14-1-15-41-79/h1-65,92-107,112-115,120H,66-78H2. The van der Waals surface area contributed by atoms with Gasteiger partial charge in [-0.25, -0.2) is 19.2 Å². The van der Waals surface area contributed by atoms with E-state index < -0.39 is 167 Å². The number of aliphatic hydroxyl groups excluding tert-OH is 1. The van der Waals surface area contributed by atoms with Crippen molar-refractivity contribution in [2.75, 3.05) is 26.4 Å². The number of rotatable bonds is 45. The Morgan fingerprint density at radius 1 is 0.186 bits per heavy atom. The smallest absolute Gasteiger partial charge is 0.338 e. The van der Waals surface area contributed by atoms with Gasteiger partial charge >= 0.3 is 23.9 Å². The van der Waals surface area contributed by atoms with Gasteiger partial charge in [0.1, 0.15) is 73.2 Å². The van der Waals surface area contributed by atoms with Crippen molar-refractivity contribution in [1.29, 1.82) is 0 Å². The minimum absolute atomic E-state index is 0.00554. The lowest BCUT2D eigenvalue weighted by molar-refractivity contribution is -0.359. The van der Waals surface area contributed by atoms with Crippen LogP contribution in [0.15, 0.2) is 394 Å². The van der Waals surface area contributed by atoms with Crippen LogP contribution in [-0.4, -0.2) is 178 Å². The summed E-state index contributed by atoms with van der Waals surface area (Å²) in [7, 11) is 0. The molecule has 13 aromatic carbocycles. The molecule has 0 aliphatic carbocycles. The van der Waals surface area contributed by atoms with Gasteiger partial charge in [-0.15, -0.1) is 0 Å². The highest BCUT2D eigenvalue weighted by Gasteiger charge is 2.58. The lowest BCUT2D eigenvalue weighted by Crippen LogP contribution is -2.65. The van der Waals surface area contributed by atoms with Gasteiger partial charge in [-0.3, -0.25) is 0 Å². The van der Waals surface area contributed by atoms with Crippen LogP contribution in [0.5, 0.6) is 0 Å². The molecule has 140 heavy (non-hydrogen) atoms. The molecule has 0 spiro atoms. The summed E-state index contributed by atoms with van der Waals surface area (Å²) >= 11 is 0. The Balaban J connectivity index is 0.778. The third-order valence-electron chi connectivity index (χ3n) is 24.3. The third kappa shape index (κ3) is 27.6. The molecule has 0 aromatic heterocycles. The molecule has 4 fully saturated rings. The van der Waals surface area contributed by atoms with Crippen LogP contribution in [0.4, 0.5) is 0 Å². The number of benzene rings is 13. The predicted molar refractivity (Wildman–Crippen MR) is 514 cm³/mol. The Labute approximate surface area is 813 Å². The minimum Gasteiger partial charge on any atom is -0.452 e. The molecule has 20 atom stereocenters. The number of hydrogen-bond donors (Lipinski definition) is 1. The largest absolute Gasteiger partial charge is 0.452 e. The summed E-state index contributed by atoms with van der Waals surface area (Å²) in [4.78, 5) is 61.3. The lowest BCUT2D eigenvalue weighted by Gasteiger charge is -2.48. The highest BCUT2D eigenvalue weighted by atomic mass is 16.8. The van der Waals surface area contributed by atoms with E-state index >= 15 is 19.2 Å². The third-order valence-corrected chi connectivity index (χ3v) is 24.3. The average molecular weight is 1890 g/mol. The second-order valence-corrected chi connectivity index (χ2v) is 34.2. The number of ether oxygens (including phenoxy) is 20. The molecular weight excluding hydrogens is 1780 g/mol. The fraction of sp³-hybridized carbons (Fsp3) is 0.287. The maximum atomic E-state index is 15.4. The first-order valence-electron chi connectivity index (χ1n) is 47.1. The number of carbonyl (C=O) groups is 4. The maximum Gasteiger partial charge on any atom is 0.338 e. The SMILES string of the molecule is O=C(OC1C(COC2OC(COC3OC(COCc4ccccc4)C(OCc4ccccc4)C(OCc4ccccc4)C3OC(=O)c3ccccc3)C(OCc3ccccc3)C(OCc3ccccc3)C2OCc2ccccc2)OC(OCC2OC(O)C(OCc3ccccc3)C(OCc3ccccc3)C2OCc2ccccc2)C(OC(=O)c2ccccc2)C1OC(=O)c1ccccc1)c1ccccc1. The molecule has 1 N–H and O–H groups in total. The van der Waals surface area contributed by atoms with Gasteiger partial charge in [0, 0.05) is 0 Å². The fourth-order valence-electron chi connectivity index (χ4n) is 17.2. The van der Waals surface area contributed by atoms with E-state index in [0.29, 0.717) is 0 Å². The lowest BCUT2D eigenvalue weighted by atomic mass is 9.96. The van der Waals surface area contributed by atoms with E-state index in [2.05, 4.69) is 0 Å². The molecular formula is C115H112O25. The van der Waals surface area contributed by atoms with Crippen LogP contribution in [-0.2, 0) is 154 Å². The van der Waals surface area contributed by atoms with Crippen molar-refractivity contribution in [3.05, 3.63) is 467 Å². The van der Waals surface area contributed by atoms with Gasteiger partial charge in [0.2, 0.25) is 0 Å². The van der Waals surface area contributed by atoms with Crippen LogP contribution in [0.25, 0.3) is 0 Å². The zero-order valence-corrected chi connectivity index (χ0v) is 77.0. The zero-order valence-electron chi connectivity index (χ0n) is 77.0. The van der Waals surface area contributed by atoms with Crippen LogP contribution in [0.1, 0.15) is 91.5 Å². The highest BCUT2D eigenvalue weighted by molar-refractivity contribution is 5.91. The van der Waals surface area contributed by atoms with Gasteiger partial charge in [0.15, 0.2) is 49.6 Å². The van der Waals surface area contributed by atoms with Gasteiger partial charge in [0.25, 0.3) is 0 Å². The number of esters is 4. The van der Waals surface area contributed by atoms with Crippen molar-refractivity contribution < 1.29 is 119 Å². The van der Waals surface area contributed by atoms with Crippen LogP contribution in [0, 0.1) is 0 Å². The van der Waals surface area contributed by atoms with Gasteiger partial charge in [0.05, 0.1) is 108 Å². The first-order valence-corrected chi connectivity index (χ1v) is 47.1. The van der Waals surface area contributed by atoms with Crippen molar-refractivity contribution in [3.8, 4) is 0 Å². The van der Waals surface area contributed by atoms with Crippen LogP contribution in [0.3, 0.4) is 0 Å². The van der Waals surface area contributed by atoms with Crippen molar-refractivity contribution >= 4 is 23.9 Å². The topological polar surface area (TPSA) is 273 Å². The van der Waals surface area contributed by atoms with Gasteiger partial charge in [-0.2, -0.15) is 0 Å². The monoisotopic (exact) mass is 1890 g/mol. The number of carbonyl (C=O) groups excluding carboxylic acids is 4. The first-order chi connectivity index (χ1) is 69.0. The molecule has 20 unspecified atom stereocenters. The van der Waals surface area contributed by atoms with Crippen molar-refractivity contribution in [2.45, 2.75) is 182 Å². The van der Waals surface area contributed by atoms with Crippen LogP contribution in [0.2, 0.25) is 0 Å².